The van der Waals surface area contributed by atoms with Crippen LogP contribution >= 0.6 is 7.82 Å². The van der Waals surface area contributed by atoms with Gasteiger partial charge >= 0.3 is 13.8 Å². The van der Waals surface area contributed by atoms with Crippen molar-refractivity contribution >= 4 is 13.8 Å². The number of carbonyl (C=O) groups excluding carboxylic acids is 1. The quantitative estimate of drug-likeness (QED) is 0.0281. The molecule has 0 aliphatic rings. The fraction of sp³-hybridized carbons (Fsp3) is 0.985. The van der Waals surface area contributed by atoms with Crippen LogP contribution in [0.25, 0.3) is 0 Å². The van der Waals surface area contributed by atoms with Gasteiger partial charge in [0.1, 0.15) is 19.3 Å². The van der Waals surface area contributed by atoms with Crippen molar-refractivity contribution in [1.82, 2.24) is 0 Å². The fourth-order valence-electron chi connectivity index (χ4n) is 10.3. The molecule has 444 valence electrons. The van der Waals surface area contributed by atoms with Crippen LogP contribution in [-0.4, -0.2) is 75.6 Å². The van der Waals surface area contributed by atoms with Crippen LogP contribution in [0.2, 0.25) is 0 Å². The summed E-state index contributed by atoms with van der Waals surface area (Å²) in [6.07, 6.45) is 70.7. The van der Waals surface area contributed by atoms with Crippen molar-refractivity contribution in [2.24, 2.45) is 0 Å². The molecule has 0 aliphatic heterocycles. The van der Waals surface area contributed by atoms with Gasteiger partial charge in [-0.15, -0.1) is 0 Å². The van der Waals surface area contributed by atoms with Crippen LogP contribution in [0.3, 0.4) is 0 Å². The van der Waals surface area contributed by atoms with Crippen LogP contribution in [0.4, 0.5) is 0 Å². The van der Waals surface area contributed by atoms with Gasteiger partial charge < -0.3 is 18.9 Å². The molecule has 0 aromatic rings. The molecule has 0 spiro atoms. The van der Waals surface area contributed by atoms with Gasteiger partial charge in [0.2, 0.25) is 0 Å². The Kier molecular flexibility index (Phi) is 58.2. The molecule has 0 aliphatic carbocycles. The third-order valence-electron chi connectivity index (χ3n) is 15.4. The number of nitrogens with zero attached hydrogens (tertiary/aromatic N) is 1. The first kappa shape index (κ1) is 73.5. The average molecular weight is 1070 g/mol. The molecule has 0 bridgehead atoms. The molecule has 0 saturated heterocycles. The molecule has 1 N–H and O–H groups in total. The summed E-state index contributed by atoms with van der Waals surface area (Å²) in [4.78, 5) is 23.1. The number of quaternary nitrogens is 1. The zero-order valence-corrected chi connectivity index (χ0v) is 51.8. The maximum atomic E-state index is 12.8. The monoisotopic (exact) mass is 1070 g/mol. The number of hydrogen-bond donors (Lipinski definition) is 1. The lowest BCUT2D eigenvalue weighted by Crippen LogP contribution is -2.37. The third kappa shape index (κ3) is 62.3. The second-order valence-corrected chi connectivity index (χ2v) is 25.7. The Labute approximate surface area is 463 Å². The van der Waals surface area contributed by atoms with Crippen LogP contribution in [0.5, 0.6) is 0 Å². The molecular weight excluding hydrogens is 938 g/mol. The normalized spacial score (nSPS) is 13.2. The van der Waals surface area contributed by atoms with E-state index >= 15 is 0 Å². The molecule has 0 fully saturated rings. The van der Waals surface area contributed by atoms with Crippen LogP contribution in [0.15, 0.2) is 0 Å². The smallest absolute Gasteiger partial charge is 0.457 e. The first-order valence-corrected chi connectivity index (χ1v) is 34.8. The van der Waals surface area contributed by atoms with E-state index in [1.807, 2.05) is 21.1 Å². The zero-order valence-electron chi connectivity index (χ0n) is 50.9. The highest BCUT2D eigenvalue weighted by Crippen LogP contribution is 2.43. The van der Waals surface area contributed by atoms with E-state index in [1.165, 1.54) is 302 Å². The Morgan fingerprint density at radius 3 is 0.892 bits per heavy atom. The number of likely N-dealkylation sites (N-methyl/N-ethyl adjacent to an activating group) is 1. The van der Waals surface area contributed by atoms with Gasteiger partial charge in [0.25, 0.3) is 0 Å². The van der Waals surface area contributed by atoms with Crippen molar-refractivity contribution in [3.8, 4) is 0 Å². The van der Waals surface area contributed by atoms with Gasteiger partial charge in [-0.2, -0.15) is 0 Å². The summed E-state index contributed by atoms with van der Waals surface area (Å²) in [6.45, 7) is 5.73. The third-order valence-corrected chi connectivity index (χ3v) is 16.4. The second-order valence-electron chi connectivity index (χ2n) is 24.2. The van der Waals surface area contributed by atoms with Crippen LogP contribution < -0.4 is 0 Å². The van der Waals surface area contributed by atoms with E-state index in [4.69, 9.17) is 18.5 Å². The molecule has 0 amide bonds. The number of ether oxygens (including phenoxy) is 2. The van der Waals surface area contributed by atoms with Gasteiger partial charge in [-0.3, -0.25) is 13.8 Å². The molecule has 74 heavy (non-hydrogen) atoms. The summed E-state index contributed by atoms with van der Waals surface area (Å²) in [5.41, 5.74) is 0. The Balaban J connectivity index is 3.80. The Morgan fingerprint density at radius 2 is 0.622 bits per heavy atom. The Bertz CT molecular complexity index is 1150. The predicted octanol–water partition coefficient (Wildman–Crippen LogP) is 21.5. The highest BCUT2D eigenvalue weighted by Gasteiger charge is 2.26. The standard InChI is InChI=1S/C65H132NO7P/c1-6-8-10-12-14-16-18-20-22-24-25-26-27-28-29-30-31-32-33-34-35-36-37-38-39-40-41-42-43-44-46-48-50-52-54-56-58-65(67)73-64(63-72-74(68,69)71-61-59-66(3,4)5)62-70-60-57-55-53-51-49-47-45-23-21-19-17-15-13-11-9-7-2/h64H,6-63H2,1-5H3/p+1/t64-/m1/s1. The van der Waals surface area contributed by atoms with Crippen LogP contribution in [0.1, 0.15) is 354 Å². The summed E-state index contributed by atoms with van der Waals surface area (Å²) in [5, 5.41) is 0. The minimum Gasteiger partial charge on any atom is -0.457 e. The molecule has 0 aromatic heterocycles. The molecular formula is C65H133NO7P+. The molecule has 9 heteroatoms. The van der Waals surface area contributed by atoms with Crippen LogP contribution in [0, 0.1) is 0 Å². The number of rotatable bonds is 64. The van der Waals surface area contributed by atoms with E-state index in [2.05, 4.69) is 13.8 Å². The number of esters is 1. The van der Waals surface area contributed by atoms with E-state index in [1.54, 1.807) is 0 Å². The van der Waals surface area contributed by atoms with Crippen molar-refractivity contribution < 1.29 is 37.3 Å². The zero-order chi connectivity index (χ0) is 54.0. The number of unbranched alkanes of at least 4 members (excludes halogenated alkanes) is 50. The first-order chi connectivity index (χ1) is 36.1. The maximum Gasteiger partial charge on any atom is 0.472 e. The molecule has 8 nitrogen and oxygen atoms in total. The van der Waals surface area contributed by atoms with E-state index in [9.17, 15) is 14.3 Å². The molecule has 1 unspecified atom stereocenters. The minimum atomic E-state index is -4.28. The van der Waals surface area contributed by atoms with Gasteiger partial charge in [-0.25, -0.2) is 4.57 Å². The number of phosphoric ester groups is 1. The largest absolute Gasteiger partial charge is 0.472 e. The minimum absolute atomic E-state index is 0.0945. The Morgan fingerprint density at radius 1 is 0.365 bits per heavy atom. The number of phosphoric acid groups is 1. The topological polar surface area (TPSA) is 91.3 Å². The first-order valence-electron chi connectivity index (χ1n) is 33.3. The summed E-state index contributed by atoms with van der Waals surface area (Å²) in [7, 11) is 1.70. The lowest BCUT2D eigenvalue weighted by molar-refractivity contribution is -0.870. The SMILES string of the molecule is CCCCCCCCCCCCCCCCCCCCCCCCCCCCCCCCCCCCCCC(=O)O[C@H](COCCCCCCCCCCCCCCCCCC)COP(=O)(O)OCC[N+](C)(C)C. The molecule has 0 saturated carbocycles. The molecule has 0 heterocycles. The Hall–Kier alpha value is -0.500. The summed E-state index contributed by atoms with van der Waals surface area (Å²) in [6, 6.07) is 0. The van der Waals surface area contributed by atoms with Gasteiger partial charge in [-0.1, -0.05) is 335 Å². The predicted molar refractivity (Wildman–Crippen MR) is 321 cm³/mol. The van der Waals surface area contributed by atoms with E-state index in [0.717, 1.165) is 32.1 Å². The van der Waals surface area contributed by atoms with Gasteiger partial charge in [0, 0.05) is 13.0 Å². The van der Waals surface area contributed by atoms with Crippen molar-refractivity contribution in [1.29, 1.82) is 0 Å². The number of carbonyl (C=O) groups is 1. The highest BCUT2D eigenvalue weighted by molar-refractivity contribution is 7.47. The van der Waals surface area contributed by atoms with Crippen molar-refractivity contribution in [3.05, 3.63) is 0 Å². The van der Waals surface area contributed by atoms with E-state index in [0.29, 0.717) is 24.1 Å². The summed E-state index contributed by atoms with van der Waals surface area (Å²) in [5.74, 6) is -0.301. The van der Waals surface area contributed by atoms with Crippen molar-refractivity contribution in [2.45, 2.75) is 360 Å². The lowest BCUT2D eigenvalue weighted by Gasteiger charge is -2.24. The van der Waals surface area contributed by atoms with E-state index < -0.39 is 13.9 Å². The molecule has 0 rings (SSSR count). The second kappa shape index (κ2) is 58.6. The number of hydrogen-bond acceptors (Lipinski definition) is 6. The van der Waals surface area contributed by atoms with Crippen molar-refractivity contribution in [2.75, 3.05) is 54.1 Å². The van der Waals surface area contributed by atoms with Gasteiger partial charge in [-0.05, 0) is 12.8 Å². The molecule has 0 radical (unpaired) electrons. The van der Waals surface area contributed by atoms with Gasteiger partial charge in [0.15, 0.2) is 0 Å². The highest BCUT2D eigenvalue weighted by atomic mass is 31.2. The van der Waals surface area contributed by atoms with Crippen LogP contribution in [-0.2, 0) is 27.9 Å². The van der Waals surface area contributed by atoms with Gasteiger partial charge in [0.05, 0.1) is 34.4 Å². The maximum absolute atomic E-state index is 12.8. The van der Waals surface area contributed by atoms with E-state index in [-0.39, 0.29) is 25.8 Å². The molecule has 0 aromatic carbocycles. The fourth-order valence-corrected chi connectivity index (χ4v) is 11.1. The van der Waals surface area contributed by atoms with Crippen molar-refractivity contribution in [3.63, 3.8) is 0 Å². The summed E-state index contributed by atoms with van der Waals surface area (Å²) < 4.78 is 35.3. The summed E-state index contributed by atoms with van der Waals surface area (Å²) >= 11 is 0. The molecule has 2 atom stereocenters. The average Bonchev–Trinajstić information content (AvgIpc) is 3.37. The lowest BCUT2D eigenvalue weighted by atomic mass is 10.0.